The van der Waals surface area contributed by atoms with E-state index >= 15 is 0 Å². The van der Waals surface area contributed by atoms with Crippen molar-refractivity contribution in [3.63, 3.8) is 0 Å². The number of hydrogen-bond donors (Lipinski definition) is 3. The summed E-state index contributed by atoms with van der Waals surface area (Å²) >= 11 is 1.49. The average molecular weight is 392 g/mol. The van der Waals surface area contributed by atoms with Gasteiger partial charge >= 0.3 is 0 Å². The van der Waals surface area contributed by atoms with Crippen LogP contribution < -0.4 is 16.8 Å². The summed E-state index contributed by atoms with van der Waals surface area (Å²) in [5.74, 6) is 1.21. The zero-order valence-corrected chi connectivity index (χ0v) is 16.2. The lowest BCUT2D eigenvalue weighted by Crippen LogP contribution is -2.33. The number of nitrogens with zero attached hydrogens (tertiary/aromatic N) is 5. The average Bonchev–Trinajstić information content (AvgIpc) is 3.01. The number of benzene rings is 1. The Bertz CT molecular complexity index is 1040. The van der Waals surface area contributed by atoms with E-state index in [-0.39, 0.29) is 12.0 Å². The second-order valence-corrected chi connectivity index (χ2v) is 7.75. The van der Waals surface area contributed by atoms with Gasteiger partial charge in [-0.15, -0.1) is 11.3 Å². The predicted molar refractivity (Wildman–Crippen MR) is 110 cm³/mol. The van der Waals surface area contributed by atoms with Crippen molar-refractivity contribution in [3.05, 3.63) is 52.2 Å². The number of nitriles is 1. The number of anilines is 4. The number of rotatable bonds is 4. The molecule has 3 heterocycles. The minimum atomic E-state index is -0.0522. The second kappa shape index (κ2) is 7.42. The monoisotopic (exact) mass is 392 g/mol. The smallest absolute Gasteiger partial charge is 0.232 e. The van der Waals surface area contributed by atoms with Crippen LogP contribution in [-0.4, -0.2) is 26.4 Å². The summed E-state index contributed by atoms with van der Waals surface area (Å²) in [7, 11) is 0. The molecule has 3 aromatic rings. The van der Waals surface area contributed by atoms with E-state index in [1.165, 1.54) is 11.3 Å². The van der Waals surface area contributed by atoms with Crippen molar-refractivity contribution < 1.29 is 0 Å². The van der Waals surface area contributed by atoms with Crippen LogP contribution >= 0.6 is 11.3 Å². The number of nitrogens with two attached hydrogens (primary N) is 2. The van der Waals surface area contributed by atoms with Crippen molar-refractivity contribution in [2.75, 3.05) is 23.3 Å². The fraction of sp³-hybridized carbons (Fsp3) is 0.263. The van der Waals surface area contributed by atoms with Crippen molar-refractivity contribution in [2.24, 2.45) is 0 Å². The molecule has 0 fully saturated rings. The van der Waals surface area contributed by atoms with Crippen LogP contribution in [0.15, 0.2) is 30.3 Å². The summed E-state index contributed by atoms with van der Waals surface area (Å²) in [4.78, 5) is 16.5. The van der Waals surface area contributed by atoms with Crippen molar-refractivity contribution in [1.82, 2.24) is 19.9 Å². The minimum Gasteiger partial charge on any atom is -0.389 e. The normalized spacial score (nSPS) is 14.9. The van der Waals surface area contributed by atoms with Gasteiger partial charge in [-0.3, -0.25) is 4.90 Å². The van der Waals surface area contributed by atoms with Gasteiger partial charge in [0.05, 0.1) is 11.6 Å². The van der Waals surface area contributed by atoms with Gasteiger partial charge in [-0.1, -0.05) is 18.2 Å². The third kappa shape index (κ3) is 3.47. The van der Waals surface area contributed by atoms with E-state index in [2.05, 4.69) is 31.2 Å². The van der Waals surface area contributed by atoms with Gasteiger partial charge in [0.15, 0.2) is 5.82 Å². The molecule has 28 heavy (non-hydrogen) atoms. The van der Waals surface area contributed by atoms with Crippen LogP contribution in [0.25, 0.3) is 0 Å². The van der Waals surface area contributed by atoms with E-state index in [9.17, 15) is 5.26 Å². The molecule has 0 bridgehead atoms. The Morgan fingerprint density at radius 3 is 2.75 bits per heavy atom. The largest absolute Gasteiger partial charge is 0.389 e. The van der Waals surface area contributed by atoms with E-state index in [1.54, 1.807) is 0 Å². The molecule has 0 radical (unpaired) electrons. The van der Waals surface area contributed by atoms with Crippen molar-refractivity contribution in [1.29, 1.82) is 5.26 Å². The molecule has 0 saturated carbocycles. The third-order valence-electron chi connectivity index (χ3n) is 4.85. The van der Waals surface area contributed by atoms with Crippen LogP contribution in [0.1, 0.15) is 34.8 Å². The highest BCUT2D eigenvalue weighted by atomic mass is 32.1. The minimum absolute atomic E-state index is 0.0522. The Kier molecular flexibility index (Phi) is 4.81. The first-order valence-corrected chi connectivity index (χ1v) is 9.74. The van der Waals surface area contributed by atoms with Gasteiger partial charge in [-0.2, -0.15) is 20.2 Å². The molecule has 8 nitrogen and oxygen atoms in total. The number of aromatic nitrogens is 3. The van der Waals surface area contributed by atoms with Crippen molar-refractivity contribution >= 4 is 33.9 Å². The molecular formula is C19H20N8S. The first kappa shape index (κ1) is 18.2. The number of hydrogen-bond acceptors (Lipinski definition) is 9. The maximum atomic E-state index is 9.31. The molecule has 9 heteroatoms. The molecule has 142 valence electrons. The van der Waals surface area contributed by atoms with E-state index in [1.807, 2.05) is 37.3 Å². The quantitative estimate of drug-likeness (QED) is 0.618. The lowest BCUT2D eigenvalue weighted by molar-refractivity contribution is 0.187. The van der Waals surface area contributed by atoms with Gasteiger partial charge in [-0.05, 0) is 31.0 Å². The molecule has 1 atom stereocenters. The molecule has 0 saturated heterocycles. The number of thiophene rings is 1. The summed E-state index contributed by atoms with van der Waals surface area (Å²) in [5, 5.41) is 13.1. The van der Waals surface area contributed by atoms with Crippen LogP contribution in [-0.2, 0) is 13.0 Å². The molecule has 0 unspecified atom stereocenters. The summed E-state index contributed by atoms with van der Waals surface area (Å²) in [6, 6.07) is 11.9. The topological polar surface area (TPSA) is 130 Å². The van der Waals surface area contributed by atoms with E-state index in [0.717, 1.165) is 29.1 Å². The molecule has 4 rings (SSSR count). The Morgan fingerprint density at radius 1 is 1.21 bits per heavy atom. The first-order chi connectivity index (χ1) is 13.5. The Morgan fingerprint density at radius 2 is 2.00 bits per heavy atom. The number of fused-ring (bicyclic) bond motifs is 1. The third-order valence-corrected chi connectivity index (χ3v) is 5.89. The Hall–Kier alpha value is -3.22. The van der Waals surface area contributed by atoms with E-state index < -0.39 is 0 Å². The van der Waals surface area contributed by atoms with Gasteiger partial charge in [0.1, 0.15) is 11.1 Å². The van der Waals surface area contributed by atoms with Crippen molar-refractivity contribution in [2.45, 2.75) is 25.9 Å². The fourth-order valence-corrected chi connectivity index (χ4v) is 4.46. The van der Waals surface area contributed by atoms with Crippen LogP contribution in [0.3, 0.4) is 0 Å². The lowest BCUT2D eigenvalue weighted by atomic mass is 10.0. The maximum absolute atomic E-state index is 9.31. The summed E-state index contributed by atoms with van der Waals surface area (Å²) in [5.41, 5.74) is 14.5. The van der Waals surface area contributed by atoms with E-state index in [4.69, 9.17) is 11.5 Å². The molecule has 1 aromatic carbocycles. The highest BCUT2D eigenvalue weighted by Crippen LogP contribution is 2.36. The highest BCUT2D eigenvalue weighted by molar-refractivity contribution is 7.16. The van der Waals surface area contributed by atoms with Gasteiger partial charge in [0.2, 0.25) is 11.9 Å². The SMILES string of the molecule is C[C@@H](c1nc(N)nc(Nc2ccccc2)n1)N1CCc2c(sc(N)c2C#N)C1. The maximum Gasteiger partial charge on any atom is 0.232 e. The van der Waals surface area contributed by atoms with Crippen LogP contribution in [0.5, 0.6) is 0 Å². The standard InChI is InChI=1S/C19H20N8S/c1-11(27-8-7-13-14(9-20)16(21)28-15(13)10-27)17-24-18(22)26-19(25-17)23-12-5-3-2-4-6-12/h2-6,11H,7-8,10,21H2,1H3,(H3,22,23,24,25,26)/t11-/m0/s1. The van der Waals surface area contributed by atoms with Crippen LogP contribution in [0.2, 0.25) is 0 Å². The summed E-state index contributed by atoms with van der Waals surface area (Å²) < 4.78 is 0. The molecule has 0 spiro atoms. The second-order valence-electron chi connectivity index (χ2n) is 6.62. The lowest BCUT2D eigenvalue weighted by Gasteiger charge is -2.31. The number of nitrogen functional groups attached to an aromatic ring is 2. The number of nitrogens with one attached hydrogen (secondary N) is 1. The van der Waals surface area contributed by atoms with Gasteiger partial charge in [-0.25, -0.2) is 0 Å². The van der Waals surface area contributed by atoms with Gasteiger partial charge in [0, 0.05) is 23.7 Å². The molecular weight excluding hydrogens is 372 g/mol. The molecule has 1 aliphatic rings. The Balaban J connectivity index is 1.56. The summed E-state index contributed by atoms with van der Waals surface area (Å²) in [6.45, 7) is 3.56. The predicted octanol–water partition coefficient (Wildman–Crippen LogP) is 2.83. The molecule has 2 aromatic heterocycles. The molecule has 1 aliphatic heterocycles. The molecule has 0 amide bonds. The van der Waals surface area contributed by atoms with E-state index in [0.29, 0.717) is 28.9 Å². The first-order valence-electron chi connectivity index (χ1n) is 8.93. The van der Waals surface area contributed by atoms with Crippen LogP contribution in [0.4, 0.5) is 22.6 Å². The zero-order chi connectivity index (χ0) is 19.7. The Labute approximate surface area is 166 Å². The zero-order valence-electron chi connectivity index (χ0n) is 15.4. The fourth-order valence-electron chi connectivity index (χ4n) is 3.36. The summed E-state index contributed by atoms with van der Waals surface area (Å²) in [6.07, 6.45) is 0.784. The molecule has 0 aliphatic carbocycles. The van der Waals surface area contributed by atoms with Crippen LogP contribution in [0, 0.1) is 11.3 Å². The number of para-hydroxylation sites is 1. The van der Waals surface area contributed by atoms with Gasteiger partial charge in [0.25, 0.3) is 0 Å². The van der Waals surface area contributed by atoms with Crippen molar-refractivity contribution in [3.8, 4) is 6.07 Å². The molecule has 5 N–H and O–H groups in total. The van der Waals surface area contributed by atoms with Gasteiger partial charge < -0.3 is 16.8 Å². The highest BCUT2D eigenvalue weighted by Gasteiger charge is 2.28.